The van der Waals surface area contributed by atoms with Crippen molar-refractivity contribution in [2.45, 2.75) is 58.2 Å². The van der Waals surface area contributed by atoms with Gasteiger partial charge in [0.2, 0.25) is 5.95 Å². The smallest absolute Gasteiger partial charge is 0.225 e. The van der Waals surface area contributed by atoms with Crippen LogP contribution in [0.25, 0.3) is 11.1 Å². The summed E-state index contributed by atoms with van der Waals surface area (Å²) < 4.78 is 21.6. The van der Waals surface area contributed by atoms with Crippen LogP contribution in [0.4, 0.5) is 10.3 Å². The maximum Gasteiger partial charge on any atom is 0.225 e. The number of halogens is 1. The van der Waals surface area contributed by atoms with Gasteiger partial charge in [0.1, 0.15) is 5.82 Å². The van der Waals surface area contributed by atoms with Crippen molar-refractivity contribution >= 4 is 20.0 Å². The fourth-order valence-electron chi connectivity index (χ4n) is 4.31. The van der Waals surface area contributed by atoms with Gasteiger partial charge in [-0.3, -0.25) is 4.90 Å². The van der Waals surface area contributed by atoms with Gasteiger partial charge < -0.3 is 14.2 Å². The van der Waals surface area contributed by atoms with E-state index in [9.17, 15) is 0 Å². The Balaban J connectivity index is 1.11. The summed E-state index contributed by atoms with van der Waals surface area (Å²) in [5.74, 6) is 0.328. The van der Waals surface area contributed by atoms with Gasteiger partial charge in [-0.25, -0.2) is 14.4 Å². The van der Waals surface area contributed by atoms with Crippen LogP contribution in [-0.4, -0.2) is 61.2 Å². The average molecular weight is 548 g/mol. The highest BCUT2D eigenvalue weighted by molar-refractivity contribution is 6.74. The van der Waals surface area contributed by atoms with Crippen molar-refractivity contribution in [3.05, 3.63) is 77.9 Å². The second kappa shape index (κ2) is 11.2. The van der Waals surface area contributed by atoms with Gasteiger partial charge in [0, 0.05) is 48.7 Å². The van der Waals surface area contributed by atoms with Crippen molar-refractivity contribution < 1.29 is 13.7 Å². The van der Waals surface area contributed by atoms with Crippen LogP contribution < -0.4 is 4.90 Å². The zero-order valence-electron chi connectivity index (χ0n) is 23.5. The van der Waals surface area contributed by atoms with Gasteiger partial charge in [0.15, 0.2) is 14.4 Å². The van der Waals surface area contributed by atoms with Crippen molar-refractivity contribution in [2.24, 2.45) is 5.16 Å². The van der Waals surface area contributed by atoms with Crippen LogP contribution in [0.5, 0.6) is 0 Å². The van der Waals surface area contributed by atoms with E-state index in [1.54, 1.807) is 24.5 Å². The van der Waals surface area contributed by atoms with Gasteiger partial charge in [0.25, 0.3) is 0 Å². The lowest BCUT2D eigenvalue weighted by Gasteiger charge is -2.38. The van der Waals surface area contributed by atoms with E-state index in [2.05, 4.69) is 78.2 Å². The predicted molar refractivity (Wildman–Crippen MR) is 156 cm³/mol. The number of hydrogen-bond acceptors (Lipinski definition) is 7. The fraction of sp³-hybridized carbons (Fsp3) is 0.433. The average Bonchev–Trinajstić information content (AvgIpc) is 2.86. The minimum atomic E-state index is -1.98. The molecule has 3 aromatic rings. The molecule has 2 fully saturated rings. The van der Waals surface area contributed by atoms with Gasteiger partial charge in [-0.15, -0.1) is 0 Å². The number of anilines is 1. The number of rotatable bonds is 9. The predicted octanol–water partition coefficient (Wildman–Crippen LogP) is 5.88. The number of nitrogens with zero attached hydrogens (tertiary/aromatic N) is 5. The summed E-state index contributed by atoms with van der Waals surface area (Å²) in [6.45, 7) is 15.1. The normalized spacial score (nSPS) is 16.6. The van der Waals surface area contributed by atoms with Gasteiger partial charge in [-0.1, -0.05) is 74.5 Å². The summed E-state index contributed by atoms with van der Waals surface area (Å²) in [4.78, 5) is 19.1. The van der Waals surface area contributed by atoms with Gasteiger partial charge >= 0.3 is 0 Å². The third-order valence-corrected chi connectivity index (χ3v) is 12.4. The SMILES string of the molecule is CC(C)(C)[Si](C)(C)OCc1cccc(-c2cnc(N3CC(=NOC4CN(Cc5ccccc5)C4)C3)nc2)c1F. The molecular formula is C30H38FN5O2Si. The number of oxime groups is 1. The Kier molecular flexibility index (Phi) is 7.84. The Labute approximate surface area is 231 Å². The van der Waals surface area contributed by atoms with Crippen molar-refractivity contribution in [2.75, 3.05) is 31.1 Å². The first-order chi connectivity index (χ1) is 18.6. The molecule has 0 N–H and O–H groups in total. The summed E-state index contributed by atoms with van der Waals surface area (Å²) in [6, 6.07) is 15.9. The summed E-state index contributed by atoms with van der Waals surface area (Å²) in [7, 11) is -1.98. The summed E-state index contributed by atoms with van der Waals surface area (Å²) in [5, 5.41) is 4.41. The van der Waals surface area contributed by atoms with E-state index < -0.39 is 8.32 Å². The Morgan fingerprint density at radius 2 is 1.69 bits per heavy atom. The molecule has 0 spiro atoms. The lowest BCUT2D eigenvalue weighted by atomic mass is 10.1. The van der Waals surface area contributed by atoms with Crippen LogP contribution in [0.15, 0.2) is 66.1 Å². The van der Waals surface area contributed by atoms with E-state index in [0.717, 1.165) is 25.3 Å². The van der Waals surface area contributed by atoms with Crippen LogP contribution >= 0.6 is 0 Å². The number of hydrogen-bond donors (Lipinski definition) is 0. The number of likely N-dealkylation sites (tertiary alicyclic amines) is 1. The first-order valence-electron chi connectivity index (χ1n) is 13.6. The molecule has 1 aromatic heterocycles. The lowest BCUT2D eigenvalue weighted by molar-refractivity contribution is -0.0566. The Bertz CT molecular complexity index is 1300. The summed E-state index contributed by atoms with van der Waals surface area (Å²) in [6.07, 6.45) is 3.50. The van der Waals surface area contributed by atoms with Crippen molar-refractivity contribution in [3.63, 3.8) is 0 Å². The zero-order chi connectivity index (χ0) is 27.6. The second-order valence-corrected chi connectivity index (χ2v) is 16.8. The van der Waals surface area contributed by atoms with Gasteiger partial charge in [0.05, 0.1) is 25.4 Å². The molecule has 0 amide bonds. The van der Waals surface area contributed by atoms with Crippen LogP contribution in [0.3, 0.4) is 0 Å². The monoisotopic (exact) mass is 547 g/mol. The Morgan fingerprint density at radius 3 is 2.36 bits per heavy atom. The quantitative estimate of drug-likeness (QED) is 0.246. The third-order valence-electron chi connectivity index (χ3n) is 7.96. The molecule has 206 valence electrons. The van der Waals surface area contributed by atoms with Gasteiger partial charge in [-0.2, -0.15) is 0 Å². The van der Waals surface area contributed by atoms with Crippen LogP contribution in [0.1, 0.15) is 31.9 Å². The molecule has 2 aromatic carbocycles. The highest BCUT2D eigenvalue weighted by Crippen LogP contribution is 2.37. The highest BCUT2D eigenvalue weighted by atomic mass is 28.4. The van der Waals surface area contributed by atoms with E-state index in [4.69, 9.17) is 9.26 Å². The van der Waals surface area contributed by atoms with Gasteiger partial charge in [-0.05, 0) is 23.7 Å². The van der Waals surface area contributed by atoms with E-state index in [1.807, 2.05) is 17.0 Å². The number of aromatic nitrogens is 2. The van der Waals surface area contributed by atoms with E-state index in [0.29, 0.717) is 35.7 Å². The maximum atomic E-state index is 15.4. The first-order valence-corrected chi connectivity index (χ1v) is 16.5. The molecule has 5 rings (SSSR count). The maximum absolute atomic E-state index is 15.4. The van der Waals surface area contributed by atoms with Crippen LogP contribution in [0.2, 0.25) is 18.1 Å². The van der Waals surface area contributed by atoms with E-state index >= 15 is 4.39 Å². The first kappa shape index (κ1) is 27.4. The zero-order valence-corrected chi connectivity index (χ0v) is 24.5. The third kappa shape index (κ3) is 6.37. The molecule has 2 saturated heterocycles. The Hall–Kier alpha value is -3.14. The standard InChI is InChI=1S/C30H38FN5O2Si/c1-30(2,3)39(4,5)37-21-23-12-9-13-27(28(23)31)24-14-32-29(33-15-24)36-17-25(18-36)34-38-26-19-35(20-26)16-22-10-7-6-8-11-22/h6-15,26H,16-21H2,1-5H3. The fourth-order valence-corrected chi connectivity index (χ4v) is 5.26. The minimum absolute atomic E-state index is 0.0687. The molecule has 0 saturated carbocycles. The molecule has 0 unspecified atom stereocenters. The molecule has 3 heterocycles. The number of benzene rings is 2. The molecule has 0 bridgehead atoms. The summed E-state index contributed by atoms with van der Waals surface area (Å²) >= 11 is 0. The van der Waals surface area contributed by atoms with Crippen molar-refractivity contribution in [1.82, 2.24) is 14.9 Å². The second-order valence-electron chi connectivity index (χ2n) is 12.0. The molecule has 7 nitrogen and oxygen atoms in total. The van der Waals surface area contributed by atoms with E-state index in [-0.39, 0.29) is 23.6 Å². The van der Waals surface area contributed by atoms with Crippen LogP contribution in [0, 0.1) is 5.82 Å². The molecular weight excluding hydrogens is 509 g/mol. The largest absolute Gasteiger partial charge is 0.412 e. The van der Waals surface area contributed by atoms with Crippen molar-refractivity contribution in [3.8, 4) is 11.1 Å². The lowest BCUT2D eigenvalue weighted by Crippen LogP contribution is -2.52. The van der Waals surface area contributed by atoms with Crippen LogP contribution in [-0.2, 0) is 22.4 Å². The molecule has 2 aliphatic heterocycles. The summed E-state index contributed by atoms with van der Waals surface area (Å²) in [5.41, 5.74) is 3.98. The molecule has 2 aliphatic rings. The molecule has 0 radical (unpaired) electrons. The topological polar surface area (TPSA) is 63.1 Å². The Morgan fingerprint density at radius 1 is 1.00 bits per heavy atom. The van der Waals surface area contributed by atoms with Crippen molar-refractivity contribution in [1.29, 1.82) is 0 Å². The molecule has 0 atom stereocenters. The minimum Gasteiger partial charge on any atom is -0.412 e. The highest BCUT2D eigenvalue weighted by Gasteiger charge is 2.37. The van der Waals surface area contributed by atoms with E-state index in [1.165, 1.54) is 5.56 Å². The molecule has 0 aliphatic carbocycles. The molecule has 39 heavy (non-hydrogen) atoms. The molecule has 9 heteroatoms.